The number of nitrogens with zero attached hydrogens (tertiary/aromatic N) is 1. The first kappa shape index (κ1) is 12.8. The Bertz CT molecular complexity index is 264. The van der Waals surface area contributed by atoms with Gasteiger partial charge < -0.3 is 9.64 Å². The van der Waals surface area contributed by atoms with Crippen LogP contribution in [0.25, 0.3) is 0 Å². The molecule has 2 aliphatic rings. The standard InChI is InChI=1S/C13H24N2O2/c1-3-11-13(16)15(12(4-2)14-11)7-5-10-6-8-17-9-10/h10-12,14H,3-9H2,1-2H3. The molecule has 0 spiro atoms. The molecule has 0 saturated carbocycles. The van der Waals surface area contributed by atoms with E-state index in [0.29, 0.717) is 11.8 Å². The SMILES string of the molecule is CCC1NC(CC)N(CCC2CCOC2)C1=O. The lowest BCUT2D eigenvalue weighted by molar-refractivity contribution is -0.130. The molecule has 98 valence electrons. The minimum absolute atomic E-state index is 0.0415. The molecule has 2 heterocycles. The van der Waals surface area contributed by atoms with Crippen LogP contribution in [0.15, 0.2) is 0 Å². The van der Waals surface area contributed by atoms with Gasteiger partial charge in [-0.05, 0) is 31.6 Å². The molecule has 4 heteroatoms. The quantitative estimate of drug-likeness (QED) is 0.789. The molecule has 0 aromatic rings. The topological polar surface area (TPSA) is 41.6 Å². The van der Waals surface area contributed by atoms with E-state index in [-0.39, 0.29) is 12.2 Å². The molecule has 17 heavy (non-hydrogen) atoms. The zero-order valence-electron chi connectivity index (χ0n) is 10.9. The summed E-state index contributed by atoms with van der Waals surface area (Å²) in [5.74, 6) is 0.944. The molecule has 0 bridgehead atoms. The van der Waals surface area contributed by atoms with Gasteiger partial charge in [-0.25, -0.2) is 0 Å². The first-order valence-electron chi connectivity index (χ1n) is 6.90. The van der Waals surface area contributed by atoms with Crippen molar-refractivity contribution in [3.05, 3.63) is 0 Å². The van der Waals surface area contributed by atoms with Gasteiger partial charge >= 0.3 is 0 Å². The highest BCUT2D eigenvalue weighted by atomic mass is 16.5. The fourth-order valence-corrected chi connectivity index (χ4v) is 2.78. The van der Waals surface area contributed by atoms with E-state index < -0.39 is 0 Å². The Morgan fingerprint density at radius 1 is 1.41 bits per heavy atom. The lowest BCUT2D eigenvalue weighted by Crippen LogP contribution is -2.38. The largest absolute Gasteiger partial charge is 0.381 e. The summed E-state index contributed by atoms with van der Waals surface area (Å²) >= 11 is 0. The number of carbonyl (C=O) groups is 1. The van der Waals surface area contributed by atoms with E-state index in [1.165, 1.54) is 0 Å². The van der Waals surface area contributed by atoms with Gasteiger partial charge in [-0.3, -0.25) is 10.1 Å². The molecular weight excluding hydrogens is 216 g/mol. The first-order chi connectivity index (χ1) is 8.26. The zero-order valence-corrected chi connectivity index (χ0v) is 10.9. The molecule has 0 aliphatic carbocycles. The van der Waals surface area contributed by atoms with Gasteiger partial charge in [0, 0.05) is 19.8 Å². The van der Waals surface area contributed by atoms with Crippen LogP contribution >= 0.6 is 0 Å². The van der Waals surface area contributed by atoms with Crippen molar-refractivity contribution in [2.45, 2.75) is 51.7 Å². The molecule has 1 N–H and O–H groups in total. The Labute approximate surface area is 104 Å². The van der Waals surface area contributed by atoms with Gasteiger partial charge in [0.2, 0.25) is 5.91 Å². The lowest BCUT2D eigenvalue weighted by atomic mass is 10.0. The summed E-state index contributed by atoms with van der Waals surface area (Å²) in [7, 11) is 0. The number of hydrogen-bond donors (Lipinski definition) is 1. The summed E-state index contributed by atoms with van der Waals surface area (Å²) < 4.78 is 5.38. The Morgan fingerprint density at radius 2 is 2.24 bits per heavy atom. The molecule has 2 saturated heterocycles. The first-order valence-corrected chi connectivity index (χ1v) is 6.90. The predicted molar refractivity (Wildman–Crippen MR) is 66.5 cm³/mol. The molecule has 2 aliphatic heterocycles. The third-order valence-corrected chi connectivity index (χ3v) is 3.95. The Hall–Kier alpha value is -0.610. The van der Waals surface area contributed by atoms with E-state index in [0.717, 1.165) is 45.4 Å². The molecule has 0 radical (unpaired) electrons. The Kier molecular flexibility index (Phi) is 4.40. The van der Waals surface area contributed by atoms with Gasteiger partial charge in [0.05, 0.1) is 12.2 Å². The smallest absolute Gasteiger partial charge is 0.241 e. The van der Waals surface area contributed by atoms with Gasteiger partial charge in [0.1, 0.15) is 0 Å². The maximum atomic E-state index is 12.1. The van der Waals surface area contributed by atoms with Crippen LogP contribution in [0.3, 0.4) is 0 Å². The summed E-state index contributed by atoms with van der Waals surface area (Å²) in [6, 6.07) is 0.0415. The van der Waals surface area contributed by atoms with Crippen molar-refractivity contribution in [2.75, 3.05) is 19.8 Å². The van der Waals surface area contributed by atoms with Gasteiger partial charge in [0.25, 0.3) is 0 Å². The zero-order chi connectivity index (χ0) is 12.3. The van der Waals surface area contributed by atoms with Crippen LogP contribution < -0.4 is 5.32 Å². The fraction of sp³-hybridized carbons (Fsp3) is 0.923. The minimum atomic E-state index is 0.0415. The van der Waals surface area contributed by atoms with E-state index in [1.807, 2.05) is 4.90 Å². The molecule has 1 amide bonds. The molecule has 3 unspecified atom stereocenters. The van der Waals surface area contributed by atoms with Gasteiger partial charge in [-0.2, -0.15) is 0 Å². The third-order valence-electron chi connectivity index (χ3n) is 3.95. The van der Waals surface area contributed by atoms with Crippen molar-refractivity contribution in [1.82, 2.24) is 10.2 Å². The van der Waals surface area contributed by atoms with Crippen LogP contribution in [-0.2, 0) is 9.53 Å². The second kappa shape index (κ2) is 5.83. The summed E-state index contributed by atoms with van der Waals surface area (Å²) in [6.07, 6.45) is 4.36. The van der Waals surface area contributed by atoms with Crippen molar-refractivity contribution >= 4 is 5.91 Å². The van der Waals surface area contributed by atoms with E-state index >= 15 is 0 Å². The monoisotopic (exact) mass is 240 g/mol. The number of amides is 1. The highest BCUT2D eigenvalue weighted by molar-refractivity contribution is 5.84. The number of carbonyl (C=O) groups excluding carboxylic acids is 1. The van der Waals surface area contributed by atoms with E-state index in [2.05, 4.69) is 19.2 Å². The van der Waals surface area contributed by atoms with Crippen LogP contribution in [0.5, 0.6) is 0 Å². The number of ether oxygens (including phenoxy) is 1. The van der Waals surface area contributed by atoms with Crippen LogP contribution in [-0.4, -0.2) is 42.8 Å². The molecule has 3 atom stereocenters. The van der Waals surface area contributed by atoms with Crippen LogP contribution in [0, 0.1) is 5.92 Å². The molecule has 2 rings (SSSR count). The van der Waals surface area contributed by atoms with Crippen LogP contribution in [0.1, 0.15) is 39.5 Å². The number of nitrogens with one attached hydrogen (secondary N) is 1. The fourth-order valence-electron chi connectivity index (χ4n) is 2.78. The Balaban J connectivity index is 1.86. The molecule has 4 nitrogen and oxygen atoms in total. The maximum Gasteiger partial charge on any atom is 0.241 e. The highest BCUT2D eigenvalue weighted by Gasteiger charge is 2.36. The van der Waals surface area contributed by atoms with E-state index in [9.17, 15) is 4.79 Å². The second-order valence-corrected chi connectivity index (χ2v) is 5.10. The van der Waals surface area contributed by atoms with Gasteiger partial charge in [-0.1, -0.05) is 13.8 Å². The lowest BCUT2D eigenvalue weighted by Gasteiger charge is -2.24. The second-order valence-electron chi connectivity index (χ2n) is 5.10. The van der Waals surface area contributed by atoms with Gasteiger partial charge in [0.15, 0.2) is 0 Å². The number of hydrogen-bond acceptors (Lipinski definition) is 3. The normalized spacial score (nSPS) is 33.6. The number of rotatable bonds is 5. The summed E-state index contributed by atoms with van der Waals surface area (Å²) in [4.78, 5) is 14.2. The van der Waals surface area contributed by atoms with Gasteiger partial charge in [-0.15, -0.1) is 0 Å². The van der Waals surface area contributed by atoms with Crippen molar-refractivity contribution in [1.29, 1.82) is 0 Å². The molecule has 0 aromatic heterocycles. The average Bonchev–Trinajstić information content (AvgIpc) is 2.94. The highest BCUT2D eigenvalue weighted by Crippen LogP contribution is 2.21. The summed E-state index contributed by atoms with van der Waals surface area (Å²) in [5.41, 5.74) is 0. The summed E-state index contributed by atoms with van der Waals surface area (Å²) in [5, 5.41) is 3.41. The molecule has 2 fully saturated rings. The average molecular weight is 240 g/mol. The molecular formula is C13H24N2O2. The van der Waals surface area contributed by atoms with Crippen LogP contribution in [0.4, 0.5) is 0 Å². The predicted octanol–water partition coefficient (Wildman–Crippen LogP) is 1.36. The van der Waals surface area contributed by atoms with Crippen LogP contribution in [0.2, 0.25) is 0 Å². The van der Waals surface area contributed by atoms with E-state index in [1.54, 1.807) is 0 Å². The van der Waals surface area contributed by atoms with Crippen molar-refractivity contribution in [3.63, 3.8) is 0 Å². The third kappa shape index (κ3) is 2.80. The maximum absolute atomic E-state index is 12.1. The van der Waals surface area contributed by atoms with Crippen molar-refractivity contribution < 1.29 is 9.53 Å². The summed E-state index contributed by atoms with van der Waals surface area (Å²) in [6.45, 7) is 6.86. The minimum Gasteiger partial charge on any atom is -0.381 e. The van der Waals surface area contributed by atoms with Crippen molar-refractivity contribution in [2.24, 2.45) is 5.92 Å². The Morgan fingerprint density at radius 3 is 2.82 bits per heavy atom. The van der Waals surface area contributed by atoms with Crippen molar-refractivity contribution in [3.8, 4) is 0 Å². The van der Waals surface area contributed by atoms with E-state index in [4.69, 9.17) is 4.74 Å². The molecule has 0 aromatic carbocycles.